The minimum absolute atomic E-state index is 0.136. The van der Waals surface area contributed by atoms with Crippen molar-refractivity contribution in [3.8, 4) is 0 Å². The Morgan fingerprint density at radius 3 is 2.75 bits per heavy atom. The van der Waals surface area contributed by atoms with Gasteiger partial charge in [0.1, 0.15) is 11.6 Å². The second-order valence-electron chi connectivity index (χ2n) is 2.98. The van der Waals surface area contributed by atoms with Crippen LogP contribution in [-0.2, 0) is 4.74 Å². The molecule has 1 rings (SSSR count). The molecule has 7 nitrogen and oxygen atoms in total. The number of hydrogen-bond acceptors (Lipinski definition) is 5. The van der Waals surface area contributed by atoms with Gasteiger partial charge in [-0.3, -0.25) is 0 Å². The molecular formula is C9H11N5O2. The predicted octanol–water partition coefficient (Wildman–Crippen LogP) is 2.21. The molecule has 0 radical (unpaired) electrons. The summed E-state index contributed by atoms with van der Waals surface area (Å²) < 4.78 is 4.83. The first-order valence-corrected chi connectivity index (χ1v) is 4.67. The van der Waals surface area contributed by atoms with Gasteiger partial charge in [-0.25, -0.2) is 14.8 Å². The molecule has 0 spiro atoms. The van der Waals surface area contributed by atoms with Gasteiger partial charge in [-0.15, -0.1) is 0 Å². The Bertz CT molecular complexity index is 465. The zero-order valence-electron chi connectivity index (χ0n) is 9.26. The molecule has 1 aromatic rings. The number of azide groups is 1. The Labute approximate surface area is 92.1 Å². The number of carbonyl (C=O) groups is 1. The molecule has 1 aromatic heterocycles. The predicted molar refractivity (Wildman–Crippen MR) is 56.3 cm³/mol. The number of esters is 1. The fourth-order valence-electron chi connectivity index (χ4n) is 1.15. The van der Waals surface area contributed by atoms with Gasteiger partial charge in [0, 0.05) is 10.5 Å². The fourth-order valence-corrected chi connectivity index (χ4v) is 1.15. The number of aromatic nitrogens is 2. The Morgan fingerprint density at radius 2 is 2.19 bits per heavy atom. The molecule has 0 fully saturated rings. The zero-order valence-corrected chi connectivity index (χ0v) is 9.26. The van der Waals surface area contributed by atoms with Crippen LogP contribution >= 0.6 is 0 Å². The average Bonchev–Trinajstić information content (AvgIpc) is 2.23. The van der Waals surface area contributed by atoms with Crippen LogP contribution in [0.3, 0.4) is 0 Å². The highest BCUT2D eigenvalue weighted by Gasteiger charge is 2.16. The largest absolute Gasteiger partial charge is 0.461 e. The number of ether oxygens (including phenoxy) is 1. The maximum Gasteiger partial charge on any atom is 0.357 e. The van der Waals surface area contributed by atoms with E-state index in [1.807, 2.05) is 0 Å². The number of rotatable bonds is 3. The molecule has 0 aliphatic rings. The molecule has 0 aliphatic carbocycles. The lowest BCUT2D eigenvalue weighted by Crippen LogP contribution is -2.11. The maximum atomic E-state index is 11.5. The highest BCUT2D eigenvalue weighted by Crippen LogP contribution is 2.19. The van der Waals surface area contributed by atoms with Gasteiger partial charge in [0.05, 0.1) is 6.61 Å². The van der Waals surface area contributed by atoms with Crippen LogP contribution in [0, 0.1) is 13.8 Å². The fraction of sp³-hybridized carbons (Fsp3) is 0.444. The van der Waals surface area contributed by atoms with E-state index in [9.17, 15) is 4.79 Å². The first kappa shape index (κ1) is 11.9. The standard InChI is InChI=1S/C9H11N5O2/c1-4-16-9(15)7-5(2)8(13-14-10)12-6(3)11-7/h4H2,1-3H3. The van der Waals surface area contributed by atoms with Crippen LogP contribution in [0.15, 0.2) is 5.11 Å². The van der Waals surface area contributed by atoms with Crippen LogP contribution in [0.2, 0.25) is 0 Å². The summed E-state index contributed by atoms with van der Waals surface area (Å²) in [5.41, 5.74) is 8.90. The summed E-state index contributed by atoms with van der Waals surface area (Å²) in [7, 11) is 0. The molecule has 0 saturated heterocycles. The quantitative estimate of drug-likeness (QED) is 0.338. The van der Waals surface area contributed by atoms with Crippen LogP contribution in [-0.4, -0.2) is 22.5 Å². The third-order valence-corrected chi connectivity index (χ3v) is 1.84. The Balaban J connectivity index is 3.28. The van der Waals surface area contributed by atoms with E-state index in [0.717, 1.165) is 0 Å². The first-order valence-electron chi connectivity index (χ1n) is 4.67. The van der Waals surface area contributed by atoms with Gasteiger partial charge < -0.3 is 4.74 Å². The van der Waals surface area contributed by atoms with E-state index >= 15 is 0 Å². The van der Waals surface area contributed by atoms with Crippen molar-refractivity contribution < 1.29 is 9.53 Å². The molecule has 0 aliphatic heterocycles. The van der Waals surface area contributed by atoms with E-state index in [-0.39, 0.29) is 18.1 Å². The molecule has 0 aromatic carbocycles. The third kappa shape index (κ3) is 2.46. The highest BCUT2D eigenvalue weighted by molar-refractivity contribution is 5.89. The van der Waals surface area contributed by atoms with E-state index in [4.69, 9.17) is 10.3 Å². The van der Waals surface area contributed by atoms with Gasteiger partial charge >= 0.3 is 5.97 Å². The van der Waals surface area contributed by atoms with Crippen molar-refractivity contribution in [2.45, 2.75) is 20.8 Å². The molecule has 0 saturated carbocycles. The summed E-state index contributed by atoms with van der Waals surface area (Å²) in [6, 6.07) is 0. The molecule has 0 amide bonds. The molecule has 84 valence electrons. The Morgan fingerprint density at radius 1 is 1.50 bits per heavy atom. The molecule has 7 heteroatoms. The second-order valence-corrected chi connectivity index (χ2v) is 2.98. The zero-order chi connectivity index (χ0) is 12.1. The Kier molecular flexibility index (Phi) is 3.79. The number of hydrogen-bond donors (Lipinski definition) is 0. The summed E-state index contributed by atoms with van der Waals surface area (Å²) in [5, 5.41) is 3.39. The van der Waals surface area contributed by atoms with Crippen LogP contribution in [0.5, 0.6) is 0 Å². The monoisotopic (exact) mass is 221 g/mol. The molecule has 0 atom stereocenters. The van der Waals surface area contributed by atoms with Crippen LogP contribution < -0.4 is 0 Å². The molecule has 1 heterocycles. The van der Waals surface area contributed by atoms with Gasteiger partial charge in [0.15, 0.2) is 5.69 Å². The van der Waals surface area contributed by atoms with Gasteiger partial charge in [-0.1, -0.05) is 0 Å². The molecular weight excluding hydrogens is 210 g/mol. The van der Waals surface area contributed by atoms with Crippen molar-refractivity contribution in [3.63, 3.8) is 0 Å². The van der Waals surface area contributed by atoms with Crippen molar-refractivity contribution in [2.24, 2.45) is 5.11 Å². The summed E-state index contributed by atoms with van der Waals surface area (Å²) in [6.45, 7) is 5.18. The lowest BCUT2D eigenvalue weighted by molar-refractivity contribution is 0.0518. The summed E-state index contributed by atoms with van der Waals surface area (Å²) in [4.78, 5) is 22.1. The van der Waals surface area contributed by atoms with E-state index < -0.39 is 5.97 Å². The number of carbonyl (C=O) groups excluding carboxylic acids is 1. The Hall–Kier alpha value is -2.14. The van der Waals surface area contributed by atoms with Gasteiger partial charge in [0.2, 0.25) is 0 Å². The number of nitrogens with zero attached hydrogens (tertiary/aromatic N) is 5. The summed E-state index contributed by atoms with van der Waals surface area (Å²) >= 11 is 0. The molecule has 16 heavy (non-hydrogen) atoms. The van der Waals surface area contributed by atoms with Gasteiger partial charge in [-0.05, 0) is 31.4 Å². The van der Waals surface area contributed by atoms with Crippen molar-refractivity contribution in [2.75, 3.05) is 6.61 Å². The normalized spacial score (nSPS) is 9.44. The van der Waals surface area contributed by atoms with Crippen molar-refractivity contribution in [1.29, 1.82) is 0 Å². The minimum Gasteiger partial charge on any atom is -0.461 e. The topological polar surface area (TPSA) is 101 Å². The third-order valence-electron chi connectivity index (χ3n) is 1.84. The second kappa shape index (κ2) is 5.09. The lowest BCUT2D eigenvalue weighted by atomic mass is 10.2. The number of aryl methyl sites for hydroxylation is 1. The molecule has 0 N–H and O–H groups in total. The SMILES string of the molecule is CCOC(=O)c1nc(C)nc(N=[N+]=[N-])c1C. The molecule has 0 unspecified atom stereocenters. The molecule has 0 bridgehead atoms. The summed E-state index contributed by atoms with van der Waals surface area (Å²) in [5.74, 6) is -0.0333. The van der Waals surface area contributed by atoms with E-state index in [1.54, 1.807) is 20.8 Å². The highest BCUT2D eigenvalue weighted by atomic mass is 16.5. The first-order chi connectivity index (χ1) is 7.60. The van der Waals surface area contributed by atoms with Gasteiger partial charge in [-0.2, -0.15) is 0 Å². The average molecular weight is 221 g/mol. The van der Waals surface area contributed by atoms with Gasteiger partial charge in [0.25, 0.3) is 0 Å². The smallest absolute Gasteiger partial charge is 0.357 e. The minimum atomic E-state index is -0.542. The lowest BCUT2D eigenvalue weighted by Gasteiger charge is -2.06. The van der Waals surface area contributed by atoms with Crippen LogP contribution in [0.4, 0.5) is 5.82 Å². The van der Waals surface area contributed by atoms with Crippen molar-refractivity contribution in [3.05, 3.63) is 27.5 Å². The maximum absolute atomic E-state index is 11.5. The summed E-state index contributed by atoms with van der Waals surface area (Å²) in [6.07, 6.45) is 0. The van der Waals surface area contributed by atoms with Crippen LogP contribution in [0.25, 0.3) is 10.4 Å². The van der Waals surface area contributed by atoms with Crippen LogP contribution in [0.1, 0.15) is 28.8 Å². The van der Waals surface area contributed by atoms with E-state index in [1.165, 1.54) is 0 Å². The van der Waals surface area contributed by atoms with E-state index in [2.05, 4.69) is 20.0 Å². The van der Waals surface area contributed by atoms with E-state index in [0.29, 0.717) is 11.4 Å². The van der Waals surface area contributed by atoms with Crippen molar-refractivity contribution >= 4 is 11.8 Å². The van der Waals surface area contributed by atoms with Crippen molar-refractivity contribution in [1.82, 2.24) is 9.97 Å².